The lowest BCUT2D eigenvalue weighted by atomic mass is 9.99. The summed E-state index contributed by atoms with van der Waals surface area (Å²) in [5, 5.41) is 5.85. The lowest BCUT2D eigenvalue weighted by Crippen LogP contribution is -2.53. The molecule has 0 aliphatic carbocycles. The fraction of sp³-hybridized carbons (Fsp3) is 0.588. The van der Waals surface area contributed by atoms with E-state index < -0.39 is 0 Å². The van der Waals surface area contributed by atoms with Crippen LogP contribution in [-0.4, -0.2) is 28.5 Å². The lowest BCUT2D eigenvalue weighted by Gasteiger charge is -2.30. The normalized spacial score (nSPS) is 20.9. The first kappa shape index (κ1) is 17.2. The Morgan fingerprint density at radius 2 is 1.96 bits per heavy atom. The van der Waals surface area contributed by atoms with E-state index in [-0.39, 0.29) is 29.3 Å². The second-order valence-electron chi connectivity index (χ2n) is 6.30. The molecule has 2 heterocycles. The first-order valence-corrected chi connectivity index (χ1v) is 8.13. The molecule has 2 rings (SSSR count). The summed E-state index contributed by atoms with van der Waals surface area (Å²) >= 11 is 0. The van der Waals surface area contributed by atoms with Gasteiger partial charge in [-0.3, -0.25) is 14.4 Å². The van der Waals surface area contributed by atoms with Gasteiger partial charge in [0.15, 0.2) is 5.43 Å². The van der Waals surface area contributed by atoms with Crippen molar-refractivity contribution in [1.29, 1.82) is 0 Å². The Hall–Kier alpha value is -2.11. The number of carbonyl (C=O) groups excluding carboxylic acids is 2. The van der Waals surface area contributed by atoms with Crippen molar-refractivity contribution < 1.29 is 9.59 Å². The van der Waals surface area contributed by atoms with Crippen LogP contribution in [-0.2, 0) is 16.1 Å². The van der Waals surface area contributed by atoms with Gasteiger partial charge in [-0.05, 0) is 33.6 Å². The maximum Gasteiger partial charge on any atom is 0.220 e. The highest BCUT2D eigenvalue weighted by Crippen LogP contribution is 2.10. The van der Waals surface area contributed by atoms with Crippen molar-refractivity contribution in [2.45, 2.75) is 65.1 Å². The van der Waals surface area contributed by atoms with Crippen molar-refractivity contribution in [3.8, 4) is 0 Å². The average Bonchev–Trinajstić information content (AvgIpc) is 2.44. The third kappa shape index (κ3) is 4.68. The van der Waals surface area contributed by atoms with Gasteiger partial charge in [0.2, 0.25) is 11.8 Å². The molecule has 1 aromatic heterocycles. The van der Waals surface area contributed by atoms with E-state index in [1.54, 1.807) is 12.1 Å². The van der Waals surface area contributed by atoms with E-state index in [1.165, 1.54) is 0 Å². The molecule has 0 spiro atoms. The van der Waals surface area contributed by atoms with Crippen molar-refractivity contribution >= 4 is 11.8 Å². The number of aromatic nitrogens is 1. The Bertz CT molecular complexity index is 625. The maximum absolute atomic E-state index is 12.1. The molecule has 1 aromatic rings. The van der Waals surface area contributed by atoms with Gasteiger partial charge in [-0.2, -0.15) is 0 Å². The number of hydrogen-bond acceptors (Lipinski definition) is 3. The molecule has 2 atom stereocenters. The summed E-state index contributed by atoms with van der Waals surface area (Å²) in [6, 6.07) is 3.21. The van der Waals surface area contributed by atoms with Crippen molar-refractivity contribution in [1.82, 2.24) is 15.2 Å². The van der Waals surface area contributed by atoms with E-state index >= 15 is 0 Å². The zero-order chi connectivity index (χ0) is 17.0. The molecule has 23 heavy (non-hydrogen) atoms. The van der Waals surface area contributed by atoms with Gasteiger partial charge in [0.05, 0.1) is 0 Å². The maximum atomic E-state index is 12.1. The summed E-state index contributed by atoms with van der Waals surface area (Å²) in [7, 11) is 0. The summed E-state index contributed by atoms with van der Waals surface area (Å²) in [6.45, 7) is 6.43. The van der Waals surface area contributed by atoms with Crippen LogP contribution in [0.5, 0.6) is 0 Å². The average molecular weight is 319 g/mol. The van der Waals surface area contributed by atoms with Crippen LogP contribution in [0.2, 0.25) is 0 Å². The predicted molar refractivity (Wildman–Crippen MR) is 88.2 cm³/mol. The fourth-order valence-corrected chi connectivity index (χ4v) is 3.08. The van der Waals surface area contributed by atoms with Gasteiger partial charge < -0.3 is 15.2 Å². The molecule has 1 aliphatic heterocycles. The monoisotopic (exact) mass is 319 g/mol. The minimum Gasteiger partial charge on any atom is -0.352 e. The van der Waals surface area contributed by atoms with E-state index in [0.717, 1.165) is 11.4 Å². The van der Waals surface area contributed by atoms with Crippen LogP contribution >= 0.6 is 0 Å². The van der Waals surface area contributed by atoms with Crippen LogP contribution in [0.25, 0.3) is 0 Å². The van der Waals surface area contributed by atoms with Crippen molar-refractivity contribution in [3.05, 3.63) is 33.7 Å². The first-order valence-electron chi connectivity index (χ1n) is 8.13. The highest BCUT2D eigenvalue weighted by Gasteiger charge is 2.26. The third-order valence-electron chi connectivity index (χ3n) is 4.36. The third-order valence-corrected chi connectivity index (χ3v) is 4.36. The Kier molecular flexibility index (Phi) is 5.58. The molecule has 2 unspecified atom stereocenters. The Balaban J connectivity index is 1.81. The Morgan fingerprint density at radius 1 is 1.30 bits per heavy atom. The number of nitrogens with zero attached hydrogens (tertiary/aromatic N) is 1. The van der Waals surface area contributed by atoms with E-state index in [0.29, 0.717) is 32.2 Å². The number of hydrogen-bond donors (Lipinski definition) is 2. The molecule has 1 saturated heterocycles. The van der Waals surface area contributed by atoms with Crippen molar-refractivity contribution in [2.75, 3.05) is 0 Å². The molecule has 0 saturated carbocycles. The summed E-state index contributed by atoms with van der Waals surface area (Å²) in [5.74, 6) is 0.0570. The molecule has 0 radical (unpaired) electrons. The van der Waals surface area contributed by atoms with Crippen LogP contribution in [0, 0.1) is 13.8 Å². The van der Waals surface area contributed by atoms with Crippen LogP contribution in [0.1, 0.15) is 44.0 Å². The largest absolute Gasteiger partial charge is 0.352 e. The van der Waals surface area contributed by atoms with Gasteiger partial charge >= 0.3 is 0 Å². The predicted octanol–water partition coefficient (Wildman–Crippen LogP) is 1.03. The summed E-state index contributed by atoms with van der Waals surface area (Å²) < 4.78 is 2.05. The number of carbonyl (C=O) groups is 2. The Morgan fingerprint density at radius 3 is 2.57 bits per heavy atom. The zero-order valence-corrected chi connectivity index (χ0v) is 14.0. The van der Waals surface area contributed by atoms with Crippen LogP contribution in [0.15, 0.2) is 16.9 Å². The molecular formula is C17H25N3O3. The van der Waals surface area contributed by atoms with Gasteiger partial charge in [0, 0.05) is 55.0 Å². The van der Waals surface area contributed by atoms with Crippen LogP contribution in [0.3, 0.4) is 0 Å². The summed E-state index contributed by atoms with van der Waals surface area (Å²) in [5.41, 5.74) is 1.85. The molecule has 126 valence electrons. The van der Waals surface area contributed by atoms with Gasteiger partial charge in [-0.1, -0.05) is 0 Å². The number of aryl methyl sites for hydroxylation is 2. The number of rotatable bonds is 5. The quantitative estimate of drug-likeness (QED) is 0.850. The molecule has 6 nitrogen and oxygen atoms in total. The SMILES string of the molecule is Cc1cc(=O)cc(C)n1CCCC(=O)NC1CCC(=O)NC1C. The van der Waals surface area contributed by atoms with Crippen LogP contribution < -0.4 is 16.1 Å². The summed E-state index contributed by atoms with van der Waals surface area (Å²) in [6.07, 6.45) is 2.30. The topological polar surface area (TPSA) is 80.2 Å². The lowest BCUT2D eigenvalue weighted by molar-refractivity contribution is -0.126. The molecule has 2 amide bonds. The molecule has 1 fully saturated rings. The van der Waals surface area contributed by atoms with E-state index in [2.05, 4.69) is 15.2 Å². The smallest absolute Gasteiger partial charge is 0.220 e. The highest BCUT2D eigenvalue weighted by molar-refractivity contribution is 5.79. The minimum atomic E-state index is -0.0244. The molecule has 0 aromatic carbocycles. The summed E-state index contributed by atoms with van der Waals surface area (Å²) in [4.78, 5) is 34.8. The van der Waals surface area contributed by atoms with E-state index in [4.69, 9.17) is 0 Å². The van der Waals surface area contributed by atoms with Gasteiger partial charge in [0.25, 0.3) is 0 Å². The number of amides is 2. The Labute approximate surface area is 136 Å². The van der Waals surface area contributed by atoms with Crippen molar-refractivity contribution in [2.24, 2.45) is 0 Å². The first-order chi connectivity index (χ1) is 10.9. The number of piperidine rings is 1. The molecule has 2 N–H and O–H groups in total. The minimum absolute atomic E-state index is 0.00866. The molecule has 0 bridgehead atoms. The van der Waals surface area contributed by atoms with Crippen molar-refractivity contribution in [3.63, 3.8) is 0 Å². The molecular weight excluding hydrogens is 294 g/mol. The number of pyridine rings is 1. The van der Waals surface area contributed by atoms with E-state index in [1.807, 2.05) is 20.8 Å². The number of nitrogens with one attached hydrogen (secondary N) is 2. The van der Waals surface area contributed by atoms with E-state index in [9.17, 15) is 14.4 Å². The standard InChI is InChI=1S/C17H25N3O3/c1-11-9-14(21)10-12(2)20(11)8-4-5-16(22)19-15-6-7-17(23)18-13(15)3/h9-10,13,15H,4-8H2,1-3H3,(H,18,23)(H,19,22). The van der Waals surface area contributed by atoms with Gasteiger partial charge in [-0.15, -0.1) is 0 Å². The zero-order valence-electron chi connectivity index (χ0n) is 14.0. The second kappa shape index (κ2) is 7.44. The van der Waals surface area contributed by atoms with Gasteiger partial charge in [0.1, 0.15) is 0 Å². The molecule has 6 heteroatoms. The highest BCUT2D eigenvalue weighted by atomic mass is 16.2. The fourth-order valence-electron chi connectivity index (χ4n) is 3.08. The second-order valence-corrected chi connectivity index (χ2v) is 6.30. The molecule has 1 aliphatic rings. The van der Waals surface area contributed by atoms with Gasteiger partial charge in [-0.25, -0.2) is 0 Å². The van der Waals surface area contributed by atoms with Crippen LogP contribution in [0.4, 0.5) is 0 Å².